The van der Waals surface area contributed by atoms with Crippen molar-refractivity contribution >= 4 is 29.3 Å². The summed E-state index contributed by atoms with van der Waals surface area (Å²) in [5.74, 6) is -1.00. The molecule has 0 fully saturated rings. The molecule has 100 valence electrons. The number of hydrogen-bond acceptors (Lipinski definition) is 3. The van der Waals surface area contributed by atoms with Crippen LogP contribution < -0.4 is 4.90 Å². The Labute approximate surface area is 116 Å². The predicted molar refractivity (Wildman–Crippen MR) is 75.9 cm³/mol. The summed E-state index contributed by atoms with van der Waals surface area (Å²) in [4.78, 5) is 25.8. The number of thioether (sulfide) groups is 1. The molecule has 1 aliphatic rings. The lowest BCUT2D eigenvalue weighted by Crippen LogP contribution is -2.40. The van der Waals surface area contributed by atoms with Gasteiger partial charge in [0.2, 0.25) is 5.91 Å². The SMILES string of the molecule is C=C(C)CN1C(=O)C(C)Sc2ccc(C(=O)O)cc21. The second-order valence-electron chi connectivity index (χ2n) is 4.63. The topological polar surface area (TPSA) is 57.6 Å². The van der Waals surface area contributed by atoms with Crippen LogP contribution in [0.3, 0.4) is 0 Å². The smallest absolute Gasteiger partial charge is 0.335 e. The molecular weight excluding hydrogens is 262 g/mol. The van der Waals surface area contributed by atoms with Crippen LogP contribution in [0.2, 0.25) is 0 Å². The Balaban J connectivity index is 2.50. The number of carbonyl (C=O) groups is 2. The first-order valence-corrected chi connectivity index (χ1v) is 6.78. The van der Waals surface area contributed by atoms with Crippen LogP contribution >= 0.6 is 11.8 Å². The second kappa shape index (κ2) is 5.09. The number of rotatable bonds is 3. The molecule has 1 amide bonds. The average Bonchev–Trinajstić information content (AvgIpc) is 2.34. The molecule has 4 nitrogen and oxygen atoms in total. The van der Waals surface area contributed by atoms with Gasteiger partial charge in [-0.2, -0.15) is 0 Å². The maximum Gasteiger partial charge on any atom is 0.335 e. The number of carboxylic acids is 1. The van der Waals surface area contributed by atoms with E-state index >= 15 is 0 Å². The summed E-state index contributed by atoms with van der Waals surface area (Å²) in [6.07, 6.45) is 0. The van der Waals surface area contributed by atoms with Crippen LogP contribution in [0.25, 0.3) is 0 Å². The molecule has 2 rings (SSSR count). The molecule has 1 aliphatic heterocycles. The standard InChI is InChI=1S/C14H15NO3S/c1-8(2)7-15-11-6-10(14(17)18)4-5-12(11)19-9(3)13(15)16/h4-6,9H,1,7H2,2-3H3,(H,17,18). The molecule has 1 aromatic carbocycles. The van der Waals surface area contributed by atoms with E-state index in [1.54, 1.807) is 23.1 Å². The van der Waals surface area contributed by atoms with Crippen molar-refractivity contribution in [2.24, 2.45) is 0 Å². The zero-order valence-corrected chi connectivity index (χ0v) is 11.7. The van der Waals surface area contributed by atoms with E-state index in [0.29, 0.717) is 12.2 Å². The molecule has 1 unspecified atom stereocenters. The van der Waals surface area contributed by atoms with Crippen LogP contribution in [0.1, 0.15) is 24.2 Å². The van der Waals surface area contributed by atoms with E-state index in [1.165, 1.54) is 11.8 Å². The molecule has 1 atom stereocenters. The van der Waals surface area contributed by atoms with E-state index in [0.717, 1.165) is 10.5 Å². The van der Waals surface area contributed by atoms with E-state index < -0.39 is 5.97 Å². The molecule has 19 heavy (non-hydrogen) atoms. The van der Waals surface area contributed by atoms with E-state index in [2.05, 4.69) is 6.58 Å². The van der Waals surface area contributed by atoms with Crippen molar-refractivity contribution < 1.29 is 14.7 Å². The van der Waals surface area contributed by atoms with Crippen LogP contribution in [0.15, 0.2) is 35.2 Å². The van der Waals surface area contributed by atoms with Crippen molar-refractivity contribution in [3.63, 3.8) is 0 Å². The zero-order valence-electron chi connectivity index (χ0n) is 10.8. The fraction of sp³-hybridized carbons (Fsp3) is 0.286. The van der Waals surface area contributed by atoms with Gasteiger partial charge in [-0.15, -0.1) is 11.8 Å². The van der Waals surface area contributed by atoms with Gasteiger partial charge in [0.15, 0.2) is 0 Å². The minimum Gasteiger partial charge on any atom is -0.478 e. The van der Waals surface area contributed by atoms with Crippen LogP contribution in [-0.2, 0) is 4.79 Å². The maximum atomic E-state index is 12.2. The van der Waals surface area contributed by atoms with E-state index in [4.69, 9.17) is 5.11 Å². The molecule has 0 radical (unpaired) electrons. The molecular formula is C14H15NO3S. The monoisotopic (exact) mass is 277 g/mol. The van der Waals surface area contributed by atoms with Gasteiger partial charge in [-0.3, -0.25) is 4.79 Å². The summed E-state index contributed by atoms with van der Waals surface area (Å²) >= 11 is 1.46. The van der Waals surface area contributed by atoms with Gasteiger partial charge in [0, 0.05) is 11.4 Å². The Morgan fingerprint density at radius 3 is 2.79 bits per heavy atom. The van der Waals surface area contributed by atoms with Gasteiger partial charge in [0.25, 0.3) is 0 Å². The van der Waals surface area contributed by atoms with Gasteiger partial charge in [-0.25, -0.2) is 4.79 Å². The van der Waals surface area contributed by atoms with Crippen molar-refractivity contribution in [3.05, 3.63) is 35.9 Å². The fourth-order valence-electron chi connectivity index (χ4n) is 1.97. The first-order valence-electron chi connectivity index (χ1n) is 5.90. The van der Waals surface area contributed by atoms with E-state index in [-0.39, 0.29) is 16.7 Å². The highest BCUT2D eigenvalue weighted by molar-refractivity contribution is 8.00. The number of benzene rings is 1. The van der Waals surface area contributed by atoms with Crippen LogP contribution in [-0.4, -0.2) is 28.8 Å². The zero-order chi connectivity index (χ0) is 14.2. The molecule has 5 heteroatoms. The van der Waals surface area contributed by atoms with Crippen molar-refractivity contribution in [3.8, 4) is 0 Å². The highest BCUT2D eigenvalue weighted by atomic mass is 32.2. The number of nitrogens with zero attached hydrogens (tertiary/aromatic N) is 1. The van der Waals surface area contributed by atoms with Crippen molar-refractivity contribution in [1.29, 1.82) is 0 Å². The number of anilines is 1. The molecule has 0 saturated heterocycles. The largest absolute Gasteiger partial charge is 0.478 e. The first-order chi connectivity index (χ1) is 8.90. The normalized spacial score (nSPS) is 18.1. The maximum absolute atomic E-state index is 12.2. The minimum absolute atomic E-state index is 0.0111. The molecule has 0 bridgehead atoms. The molecule has 1 N–H and O–H groups in total. The number of fused-ring (bicyclic) bond motifs is 1. The molecule has 1 heterocycles. The Kier molecular flexibility index (Phi) is 3.66. The van der Waals surface area contributed by atoms with Gasteiger partial charge in [-0.05, 0) is 32.0 Å². The van der Waals surface area contributed by atoms with Crippen molar-refractivity contribution in [1.82, 2.24) is 0 Å². The quantitative estimate of drug-likeness (QED) is 0.863. The van der Waals surface area contributed by atoms with Gasteiger partial charge < -0.3 is 10.0 Å². The van der Waals surface area contributed by atoms with Gasteiger partial charge in [0.1, 0.15) is 0 Å². The van der Waals surface area contributed by atoms with Gasteiger partial charge in [-0.1, -0.05) is 12.2 Å². The number of amides is 1. The molecule has 0 aromatic heterocycles. The minimum atomic E-state index is -0.992. The summed E-state index contributed by atoms with van der Waals surface area (Å²) in [5, 5.41) is 8.88. The van der Waals surface area contributed by atoms with Crippen molar-refractivity contribution in [2.75, 3.05) is 11.4 Å². The highest BCUT2D eigenvalue weighted by Crippen LogP contribution is 2.39. The second-order valence-corrected chi connectivity index (χ2v) is 6.01. The van der Waals surface area contributed by atoms with Gasteiger partial charge >= 0.3 is 5.97 Å². The number of carboxylic acid groups (broad SMARTS) is 1. The highest BCUT2D eigenvalue weighted by Gasteiger charge is 2.31. The number of carbonyl (C=O) groups excluding carboxylic acids is 1. The lowest BCUT2D eigenvalue weighted by Gasteiger charge is -2.32. The summed E-state index contributed by atoms with van der Waals surface area (Å²) in [6, 6.07) is 4.88. The third-order valence-electron chi connectivity index (χ3n) is 2.84. The summed E-state index contributed by atoms with van der Waals surface area (Å²) in [7, 11) is 0. The summed E-state index contributed by atoms with van der Waals surface area (Å²) in [5.41, 5.74) is 1.71. The third kappa shape index (κ3) is 2.66. The molecule has 0 aliphatic carbocycles. The Morgan fingerprint density at radius 2 is 2.21 bits per heavy atom. The Bertz CT molecular complexity index is 568. The van der Waals surface area contributed by atoms with Crippen LogP contribution in [0, 0.1) is 0 Å². The first kappa shape index (κ1) is 13.7. The number of hydrogen-bond donors (Lipinski definition) is 1. The van der Waals surface area contributed by atoms with Gasteiger partial charge in [0.05, 0.1) is 16.5 Å². The molecule has 0 spiro atoms. The van der Waals surface area contributed by atoms with E-state index in [9.17, 15) is 9.59 Å². The lowest BCUT2D eigenvalue weighted by molar-refractivity contribution is -0.117. The fourth-order valence-corrected chi connectivity index (χ4v) is 3.02. The van der Waals surface area contributed by atoms with Crippen molar-refractivity contribution in [2.45, 2.75) is 24.0 Å². The molecule has 0 saturated carbocycles. The third-order valence-corrected chi connectivity index (χ3v) is 4.00. The Hall–Kier alpha value is -1.75. The lowest BCUT2D eigenvalue weighted by atomic mass is 10.1. The average molecular weight is 277 g/mol. The summed E-state index contributed by atoms with van der Waals surface area (Å²) in [6.45, 7) is 7.94. The molecule has 1 aromatic rings. The number of aromatic carboxylic acids is 1. The predicted octanol–water partition coefficient (Wildman–Crippen LogP) is 2.79. The van der Waals surface area contributed by atoms with Crippen LogP contribution in [0.4, 0.5) is 5.69 Å². The van der Waals surface area contributed by atoms with Crippen LogP contribution in [0.5, 0.6) is 0 Å². The van der Waals surface area contributed by atoms with E-state index in [1.807, 2.05) is 13.8 Å². The Morgan fingerprint density at radius 1 is 1.53 bits per heavy atom. The summed E-state index contributed by atoms with van der Waals surface area (Å²) < 4.78 is 0.